The summed E-state index contributed by atoms with van der Waals surface area (Å²) < 4.78 is 19.5. The summed E-state index contributed by atoms with van der Waals surface area (Å²) >= 11 is 0. The van der Waals surface area contributed by atoms with E-state index in [0.717, 1.165) is 12.8 Å². The first kappa shape index (κ1) is 13.0. The second-order valence-electron chi connectivity index (χ2n) is 5.07. The fraction of sp³-hybridized carbons (Fsp3) is 0.333. The highest BCUT2D eigenvalue weighted by molar-refractivity contribution is 5.63. The third-order valence-corrected chi connectivity index (χ3v) is 3.69. The van der Waals surface area contributed by atoms with Crippen LogP contribution in [0.3, 0.4) is 0 Å². The molecule has 1 aliphatic rings. The highest BCUT2D eigenvalue weighted by Crippen LogP contribution is 2.35. The number of ether oxygens (including phenoxy) is 1. The number of hydrogen-bond donors (Lipinski definition) is 1. The van der Waals surface area contributed by atoms with Crippen LogP contribution in [0.2, 0.25) is 0 Å². The summed E-state index contributed by atoms with van der Waals surface area (Å²) in [5.41, 5.74) is 1.19. The van der Waals surface area contributed by atoms with Crippen molar-refractivity contribution >= 4 is 0 Å². The predicted octanol–water partition coefficient (Wildman–Crippen LogP) is 2.41. The standard InChI is InChI=1S/C15H16FN3O/c1-17-15(4-5-15)10-20-12-7-13(14(16)19-9-12)11-3-2-6-18-8-11/h2-3,6-9,17H,4-5,10H2,1H3. The Bertz CT molecular complexity index is 599. The first-order valence-corrected chi connectivity index (χ1v) is 6.60. The van der Waals surface area contributed by atoms with Crippen LogP contribution in [0.1, 0.15) is 12.8 Å². The number of aromatic nitrogens is 2. The zero-order valence-electron chi connectivity index (χ0n) is 11.3. The Morgan fingerprint density at radius 3 is 2.90 bits per heavy atom. The average Bonchev–Trinajstić information content (AvgIpc) is 3.28. The summed E-state index contributed by atoms with van der Waals surface area (Å²) in [7, 11) is 1.93. The van der Waals surface area contributed by atoms with Crippen molar-refractivity contribution in [2.45, 2.75) is 18.4 Å². The van der Waals surface area contributed by atoms with Gasteiger partial charge in [0.05, 0.1) is 11.7 Å². The molecule has 0 saturated heterocycles. The SMILES string of the molecule is CNC1(COc2cnc(F)c(-c3cccnc3)c2)CC1. The molecule has 1 saturated carbocycles. The highest BCUT2D eigenvalue weighted by Gasteiger charge is 2.41. The van der Waals surface area contributed by atoms with Gasteiger partial charge in [-0.3, -0.25) is 4.98 Å². The van der Waals surface area contributed by atoms with Crippen molar-refractivity contribution in [2.75, 3.05) is 13.7 Å². The molecule has 104 valence electrons. The molecule has 0 unspecified atom stereocenters. The predicted molar refractivity (Wildman–Crippen MR) is 73.9 cm³/mol. The Kier molecular flexibility index (Phi) is 3.36. The normalized spacial score (nSPS) is 15.9. The highest BCUT2D eigenvalue weighted by atomic mass is 19.1. The lowest BCUT2D eigenvalue weighted by atomic mass is 10.1. The topological polar surface area (TPSA) is 47.0 Å². The van der Waals surface area contributed by atoms with Crippen LogP contribution in [0.15, 0.2) is 36.8 Å². The Morgan fingerprint density at radius 1 is 1.40 bits per heavy atom. The summed E-state index contributed by atoms with van der Waals surface area (Å²) in [6.45, 7) is 0.573. The molecule has 0 aliphatic heterocycles. The van der Waals surface area contributed by atoms with Gasteiger partial charge in [0, 0.05) is 23.5 Å². The maximum atomic E-state index is 13.8. The first-order chi connectivity index (χ1) is 9.72. The molecule has 2 aromatic rings. The lowest BCUT2D eigenvalue weighted by molar-refractivity contribution is 0.258. The number of rotatable bonds is 5. The van der Waals surface area contributed by atoms with Gasteiger partial charge in [0.1, 0.15) is 12.4 Å². The minimum atomic E-state index is -0.514. The third kappa shape index (κ3) is 2.63. The van der Waals surface area contributed by atoms with Crippen molar-refractivity contribution in [3.63, 3.8) is 0 Å². The molecule has 5 heteroatoms. The molecule has 1 N–H and O–H groups in total. The van der Waals surface area contributed by atoms with Gasteiger partial charge in [-0.1, -0.05) is 6.07 Å². The summed E-state index contributed by atoms with van der Waals surface area (Å²) in [5.74, 6) is 0.0619. The largest absolute Gasteiger partial charge is 0.490 e. The molecule has 0 amide bonds. The van der Waals surface area contributed by atoms with E-state index >= 15 is 0 Å². The van der Waals surface area contributed by atoms with Crippen LogP contribution in [-0.2, 0) is 0 Å². The Labute approximate surface area is 117 Å². The van der Waals surface area contributed by atoms with E-state index in [4.69, 9.17) is 4.74 Å². The van der Waals surface area contributed by atoms with E-state index < -0.39 is 5.95 Å². The van der Waals surface area contributed by atoms with Crippen molar-refractivity contribution in [1.82, 2.24) is 15.3 Å². The van der Waals surface area contributed by atoms with Crippen LogP contribution in [0.25, 0.3) is 11.1 Å². The van der Waals surface area contributed by atoms with Gasteiger partial charge < -0.3 is 10.1 Å². The number of nitrogens with zero attached hydrogens (tertiary/aromatic N) is 2. The van der Waals surface area contributed by atoms with Gasteiger partial charge in [-0.05, 0) is 32.0 Å². The van der Waals surface area contributed by atoms with E-state index in [1.807, 2.05) is 7.05 Å². The van der Waals surface area contributed by atoms with Gasteiger partial charge in [0.25, 0.3) is 0 Å². The van der Waals surface area contributed by atoms with Gasteiger partial charge in [-0.2, -0.15) is 4.39 Å². The molecular formula is C15H16FN3O. The summed E-state index contributed by atoms with van der Waals surface area (Å²) in [4.78, 5) is 7.76. The number of halogens is 1. The van der Waals surface area contributed by atoms with Crippen LogP contribution in [-0.4, -0.2) is 29.2 Å². The minimum Gasteiger partial charge on any atom is -0.490 e. The molecule has 2 heterocycles. The fourth-order valence-corrected chi connectivity index (χ4v) is 2.07. The molecule has 20 heavy (non-hydrogen) atoms. The van der Waals surface area contributed by atoms with Crippen molar-refractivity contribution in [1.29, 1.82) is 0 Å². The van der Waals surface area contributed by atoms with E-state index in [1.165, 1.54) is 6.20 Å². The van der Waals surface area contributed by atoms with E-state index in [0.29, 0.717) is 23.5 Å². The zero-order chi connectivity index (χ0) is 14.0. The minimum absolute atomic E-state index is 0.0862. The Balaban J connectivity index is 1.80. The Hall–Kier alpha value is -2.01. The molecule has 0 aromatic carbocycles. The smallest absolute Gasteiger partial charge is 0.221 e. The first-order valence-electron chi connectivity index (χ1n) is 6.60. The van der Waals surface area contributed by atoms with Gasteiger partial charge in [-0.25, -0.2) is 4.98 Å². The van der Waals surface area contributed by atoms with E-state index in [2.05, 4.69) is 15.3 Å². The van der Waals surface area contributed by atoms with Gasteiger partial charge >= 0.3 is 0 Å². The lowest BCUT2D eigenvalue weighted by Crippen LogP contribution is -2.33. The Morgan fingerprint density at radius 2 is 2.25 bits per heavy atom. The number of hydrogen-bond acceptors (Lipinski definition) is 4. The molecule has 2 aromatic heterocycles. The molecule has 0 radical (unpaired) electrons. The fourth-order valence-electron chi connectivity index (χ4n) is 2.07. The van der Waals surface area contributed by atoms with Crippen LogP contribution in [0.4, 0.5) is 4.39 Å². The van der Waals surface area contributed by atoms with Crippen LogP contribution in [0.5, 0.6) is 5.75 Å². The molecule has 1 fully saturated rings. The molecule has 0 bridgehead atoms. The molecule has 4 nitrogen and oxygen atoms in total. The molecule has 0 atom stereocenters. The molecule has 0 spiro atoms. The molecule has 3 rings (SSSR count). The lowest BCUT2D eigenvalue weighted by Gasteiger charge is -2.15. The second kappa shape index (κ2) is 5.17. The zero-order valence-corrected chi connectivity index (χ0v) is 11.3. The third-order valence-electron chi connectivity index (χ3n) is 3.69. The van der Waals surface area contributed by atoms with Crippen molar-refractivity contribution in [3.05, 3.63) is 42.7 Å². The van der Waals surface area contributed by atoms with Gasteiger partial charge in [0.15, 0.2) is 0 Å². The van der Waals surface area contributed by atoms with E-state index in [9.17, 15) is 4.39 Å². The maximum Gasteiger partial charge on any atom is 0.221 e. The van der Waals surface area contributed by atoms with Crippen molar-refractivity contribution < 1.29 is 9.13 Å². The van der Waals surface area contributed by atoms with Crippen LogP contribution >= 0.6 is 0 Å². The maximum absolute atomic E-state index is 13.8. The monoisotopic (exact) mass is 273 g/mol. The molecule has 1 aliphatic carbocycles. The average molecular weight is 273 g/mol. The van der Waals surface area contributed by atoms with Crippen LogP contribution < -0.4 is 10.1 Å². The summed E-state index contributed by atoms with van der Waals surface area (Å²) in [6, 6.07) is 5.24. The number of pyridine rings is 2. The second-order valence-corrected chi connectivity index (χ2v) is 5.07. The van der Waals surface area contributed by atoms with Crippen molar-refractivity contribution in [2.24, 2.45) is 0 Å². The van der Waals surface area contributed by atoms with E-state index in [1.54, 1.807) is 30.6 Å². The van der Waals surface area contributed by atoms with Crippen LogP contribution in [0, 0.1) is 5.95 Å². The summed E-state index contributed by atoms with van der Waals surface area (Å²) in [6.07, 6.45) is 6.89. The number of nitrogens with one attached hydrogen (secondary N) is 1. The van der Waals surface area contributed by atoms with E-state index in [-0.39, 0.29) is 5.54 Å². The number of likely N-dealkylation sites (N-methyl/N-ethyl adjacent to an activating group) is 1. The summed E-state index contributed by atoms with van der Waals surface area (Å²) in [5, 5.41) is 3.25. The van der Waals surface area contributed by atoms with Gasteiger partial charge in [0.2, 0.25) is 5.95 Å². The van der Waals surface area contributed by atoms with Gasteiger partial charge in [-0.15, -0.1) is 0 Å². The van der Waals surface area contributed by atoms with Crippen molar-refractivity contribution in [3.8, 4) is 16.9 Å². The molecular weight excluding hydrogens is 257 g/mol. The quantitative estimate of drug-likeness (QED) is 0.850.